The summed E-state index contributed by atoms with van der Waals surface area (Å²) in [7, 11) is 0. The van der Waals surface area contributed by atoms with Crippen molar-refractivity contribution in [1.29, 1.82) is 0 Å². The molecule has 3 rings (SSSR count). The van der Waals surface area contributed by atoms with Crippen LogP contribution in [-0.4, -0.2) is 39.9 Å². The van der Waals surface area contributed by atoms with Gasteiger partial charge < -0.3 is 16.0 Å². The number of pyridine rings is 1. The van der Waals surface area contributed by atoms with Crippen LogP contribution >= 0.6 is 0 Å². The second-order valence-corrected chi connectivity index (χ2v) is 7.25. The van der Waals surface area contributed by atoms with Gasteiger partial charge >= 0.3 is 6.18 Å². The maximum atomic E-state index is 14.0. The largest absolute Gasteiger partial charge is 0.417 e. The van der Waals surface area contributed by atoms with Gasteiger partial charge in [0.15, 0.2) is 5.82 Å². The van der Waals surface area contributed by atoms with Crippen LogP contribution in [0.2, 0.25) is 0 Å². The molecule has 0 radical (unpaired) electrons. The summed E-state index contributed by atoms with van der Waals surface area (Å²) in [5.74, 6) is -2.78. The van der Waals surface area contributed by atoms with Gasteiger partial charge in [-0.25, -0.2) is 18.7 Å². The minimum atomic E-state index is -4.66. The molecule has 2 aromatic heterocycles. The van der Waals surface area contributed by atoms with Crippen molar-refractivity contribution in [3.8, 4) is 11.4 Å². The molecular weight excluding hydrogens is 475 g/mol. The molecule has 0 saturated heterocycles. The summed E-state index contributed by atoms with van der Waals surface area (Å²) in [6.45, 7) is 1.36. The predicted molar refractivity (Wildman–Crippen MR) is 115 cm³/mol. The molecule has 0 atom stereocenters. The van der Waals surface area contributed by atoms with Crippen LogP contribution < -0.4 is 16.0 Å². The highest BCUT2D eigenvalue weighted by Gasteiger charge is 2.31. The molecule has 0 spiro atoms. The van der Waals surface area contributed by atoms with Crippen molar-refractivity contribution in [3.05, 3.63) is 71.2 Å². The van der Waals surface area contributed by atoms with Crippen LogP contribution in [0.4, 0.5) is 27.8 Å². The van der Waals surface area contributed by atoms with E-state index in [0.29, 0.717) is 12.3 Å². The quantitative estimate of drug-likeness (QED) is 0.328. The van der Waals surface area contributed by atoms with Gasteiger partial charge in [0.1, 0.15) is 23.1 Å². The number of alkyl halides is 3. The number of hydrogen-bond acceptors (Lipinski definition) is 6. The van der Waals surface area contributed by atoms with E-state index >= 15 is 0 Å². The van der Waals surface area contributed by atoms with Crippen LogP contribution in [0.15, 0.2) is 42.7 Å². The van der Waals surface area contributed by atoms with E-state index < -0.39 is 29.3 Å². The monoisotopic (exact) mass is 494 g/mol. The number of aromatic nitrogens is 3. The Morgan fingerprint density at radius 1 is 0.971 bits per heavy atom. The summed E-state index contributed by atoms with van der Waals surface area (Å²) >= 11 is 0. The fourth-order valence-corrected chi connectivity index (χ4v) is 2.86. The number of nitrogens with zero attached hydrogens (tertiary/aromatic N) is 3. The van der Waals surface area contributed by atoms with Crippen LogP contribution in [0, 0.1) is 11.6 Å². The zero-order chi connectivity index (χ0) is 25.6. The van der Waals surface area contributed by atoms with Crippen molar-refractivity contribution in [1.82, 2.24) is 25.6 Å². The number of nitrogens with one attached hydrogen (secondary N) is 3. The zero-order valence-electron chi connectivity index (χ0n) is 18.2. The van der Waals surface area contributed by atoms with Crippen molar-refractivity contribution < 1.29 is 31.5 Å². The van der Waals surface area contributed by atoms with E-state index in [2.05, 4.69) is 30.9 Å². The smallest absolute Gasteiger partial charge is 0.366 e. The summed E-state index contributed by atoms with van der Waals surface area (Å²) in [4.78, 5) is 35.3. The average molecular weight is 494 g/mol. The summed E-state index contributed by atoms with van der Waals surface area (Å²) in [6, 6.07) is 4.98. The molecular formula is C22H19F5N6O2. The highest BCUT2D eigenvalue weighted by atomic mass is 19.4. The topological polar surface area (TPSA) is 109 Å². The van der Waals surface area contributed by atoms with E-state index in [-0.39, 0.29) is 54.0 Å². The first-order chi connectivity index (χ1) is 16.5. The molecule has 0 aliphatic heterocycles. The molecule has 184 valence electrons. The molecule has 0 bridgehead atoms. The van der Waals surface area contributed by atoms with Gasteiger partial charge in [0.05, 0.1) is 5.56 Å². The SMILES string of the molecule is CC(=O)NCCNC(=O)c1cc(NCc2ccc(F)cc2F)nc(-c2cncc(C(F)(F)F)c2)n1. The predicted octanol–water partition coefficient (Wildman–Crippen LogP) is 3.31. The standard InChI is InChI=1S/C22H19F5N6O2/c1-12(34)29-4-5-30-21(35)18-8-19(31-10-13-2-3-16(23)7-17(13)24)33-20(32-18)14-6-15(11-28-9-14)22(25,26)27/h2-3,6-9,11H,4-5,10H2,1H3,(H,29,34)(H,30,35)(H,31,32,33). The van der Waals surface area contributed by atoms with Gasteiger partial charge in [-0.2, -0.15) is 13.2 Å². The van der Waals surface area contributed by atoms with Crippen molar-refractivity contribution in [2.24, 2.45) is 0 Å². The Balaban J connectivity index is 1.91. The molecule has 13 heteroatoms. The minimum Gasteiger partial charge on any atom is -0.366 e. The number of halogens is 5. The number of hydrogen-bond donors (Lipinski definition) is 3. The third-order valence-corrected chi connectivity index (χ3v) is 4.54. The van der Waals surface area contributed by atoms with Crippen LogP contribution in [-0.2, 0) is 17.5 Å². The molecule has 0 aliphatic carbocycles. The third-order valence-electron chi connectivity index (χ3n) is 4.54. The zero-order valence-corrected chi connectivity index (χ0v) is 18.2. The maximum absolute atomic E-state index is 14.0. The van der Waals surface area contributed by atoms with Crippen LogP contribution in [0.25, 0.3) is 11.4 Å². The Bertz CT molecular complexity index is 1240. The Hall–Kier alpha value is -4.16. The lowest BCUT2D eigenvalue weighted by molar-refractivity contribution is -0.137. The van der Waals surface area contributed by atoms with E-state index in [0.717, 1.165) is 18.3 Å². The third kappa shape index (κ3) is 7.16. The number of rotatable bonds is 8. The van der Waals surface area contributed by atoms with Crippen molar-refractivity contribution in [2.75, 3.05) is 18.4 Å². The van der Waals surface area contributed by atoms with Gasteiger partial charge in [-0.05, 0) is 12.1 Å². The van der Waals surface area contributed by atoms with Crippen LogP contribution in [0.1, 0.15) is 28.5 Å². The summed E-state index contributed by atoms with van der Waals surface area (Å²) in [6.07, 6.45) is -2.92. The van der Waals surface area contributed by atoms with Crippen molar-refractivity contribution >= 4 is 17.6 Å². The number of benzene rings is 1. The second kappa shape index (κ2) is 10.8. The van der Waals surface area contributed by atoms with Gasteiger partial charge in [-0.15, -0.1) is 0 Å². The molecule has 1 aromatic carbocycles. The molecule has 3 N–H and O–H groups in total. The van der Waals surface area contributed by atoms with Gasteiger partial charge in [-0.1, -0.05) is 6.07 Å². The van der Waals surface area contributed by atoms with E-state index in [1.807, 2.05) is 0 Å². The van der Waals surface area contributed by atoms with E-state index in [1.165, 1.54) is 19.1 Å². The van der Waals surface area contributed by atoms with Crippen LogP contribution in [0.5, 0.6) is 0 Å². The Kier molecular flexibility index (Phi) is 7.89. The molecule has 0 aliphatic rings. The molecule has 2 heterocycles. The first kappa shape index (κ1) is 25.5. The summed E-state index contributed by atoms with van der Waals surface area (Å²) in [5.41, 5.74) is -1.25. The van der Waals surface area contributed by atoms with E-state index in [9.17, 15) is 31.5 Å². The number of carbonyl (C=O) groups is 2. The van der Waals surface area contributed by atoms with Gasteiger partial charge in [-0.3, -0.25) is 14.6 Å². The molecule has 0 fully saturated rings. The Labute approximate surface area is 196 Å². The van der Waals surface area contributed by atoms with Gasteiger partial charge in [0, 0.05) is 62.2 Å². The van der Waals surface area contributed by atoms with Crippen molar-refractivity contribution in [3.63, 3.8) is 0 Å². The van der Waals surface area contributed by atoms with E-state index in [1.54, 1.807) is 0 Å². The molecule has 35 heavy (non-hydrogen) atoms. The fourth-order valence-electron chi connectivity index (χ4n) is 2.86. The second-order valence-electron chi connectivity index (χ2n) is 7.25. The lowest BCUT2D eigenvalue weighted by Gasteiger charge is -2.12. The Morgan fingerprint density at radius 2 is 1.71 bits per heavy atom. The van der Waals surface area contributed by atoms with E-state index in [4.69, 9.17) is 0 Å². The number of carbonyl (C=O) groups excluding carboxylic acids is 2. The fraction of sp³-hybridized carbons (Fsp3) is 0.227. The molecule has 3 aromatic rings. The normalized spacial score (nSPS) is 11.1. The molecule has 0 unspecified atom stereocenters. The lowest BCUT2D eigenvalue weighted by atomic mass is 10.2. The highest BCUT2D eigenvalue weighted by Crippen LogP contribution is 2.31. The summed E-state index contributed by atoms with van der Waals surface area (Å²) < 4.78 is 66.5. The van der Waals surface area contributed by atoms with Crippen LogP contribution in [0.3, 0.4) is 0 Å². The average Bonchev–Trinajstić information content (AvgIpc) is 2.80. The Morgan fingerprint density at radius 3 is 2.40 bits per heavy atom. The van der Waals surface area contributed by atoms with Gasteiger partial charge in [0.25, 0.3) is 5.91 Å². The van der Waals surface area contributed by atoms with Gasteiger partial charge in [0.2, 0.25) is 5.91 Å². The molecule has 2 amide bonds. The lowest BCUT2D eigenvalue weighted by Crippen LogP contribution is -2.34. The molecule has 0 saturated carbocycles. The number of amides is 2. The maximum Gasteiger partial charge on any atom is 0.417 e. The summed E-state index contributed by atoms with van der Waals surface area (Å²) in [5, 5.41) is 7.77. The minimum absolute atomic E-state index is 0.00291. The van der Waals surface area contributed by atoms with Crippen molar-refractivity contribution in [2.45, 2.75) is 19.6 Å². The number of anilines is 1. The first-order valence-corrected chi connectivity index (χ1v) is 10.1. The molecule has 8 nitrogen and oxygen atoms in total. The highest BCUT2D eigenvalue weighted by molar-refractivity contribution is 5.93. The first-order valence-electron chi connectivity index (χ1n) is 10.1.